The molecular formula is C3H6Cd. The van der Waals surface area contributed by atoms with E-state index in [1.54, 1.807) is 6.08 Å². The smallest absolute Gasteiger partial charge is 0 e. The third-order valence-corrected chi connectivity index (χ3v) is 0. The third-order valence-electron chi connectivity index (χ3n) is 0. The van der Waals surface area contributed by atoms with E-state index >= 15 is 0 Å². The minimum Gasteiger partial charge on any atom is -0.103 e. The van der Waals surface area contributed by atoms with Gasteiger partial charge in [0.2, 0.25) is 0 Å². The van der Waals surface area contributed by atoms with Crippen molar-refractivity contribution in [2.75, 3.05) is 0 Å². The van der Waals surface area contributed by atoms with Crippen LogP contribution in [0.2, 0.25) is 0 Å². The molecule has 0 aliphatic heterocycles. The SMILES string of the molecule is C=CC.[Cd]. The van der Waals surface area contributed by atoms with Gasteiger partial charge in [-0.15, -0.1) is 6.58 Å². The van der Waals surface area contributed by atoms with Crippen LogP contribution in [-0.4, -0.2) is 0 Å². The Bertz CT molecular complexity index is 10.8. The Morgan fingerprint density at radius 1 is 1.75 bits per heavy atom. The molecule has 0 rings (SSSR count). The van der Waals surface area contributed by atoms with E-state index in [0.29, 0.717) is 0 Å². The van der Waals surface area contributed by atoms with Crippen LogP contribution < -0.4 is 0 Å². The molecule has 0 bridgehead atoms. The summed E-state index contributed by atoms with van der Waals surface area (Å²) in [5.41, 5.74) is 0. The Hall–Kier alpha value is 0.662. The van der Waals surface area contributed by atoms with E-state index in [9.17, 15) is 0 Å². The van der Waals surface area contributed by atoms with Gasteiger partial charge in [0.05, 0.1) is 0 Å². The number of hydrogen-bond donors (Lipinski definition) is 0. The molecule has 1 heteroatoms. The van der Waals surface area contributed by atoms with Gasteiger partial charge in [0, 0.05) is 27.3 Å². The van der Waals surface area contributed by atoms with E-state index in [0.717, 1.165) is 0 Å². The van der Waals surface area contributed by atoms with Crippen molar-refractivity contribution in [2.24, 2.45) is 0 Å². The molecule has 0 nitrogen and oxygen atoms in total. The molecule has 0 heterocycles. The van der Waals surface area contributed by atoms with Crippen molar-refractivity contribution < 1.29 is 27.3 Å². The normalized spacial score (nSPS) is 3.25. The van der Waals surface area contributed by atoms with E-state index in [1.165, 1.54) is 0 Å². The molecule has 0 aromatic rings. The first kappa shape index (κ1) is 8.82. The zero-order valence-corrected chi connectivity index (χ0v) is 7.03. The topological polar surface area (TPSA) is 0 Å². The fourth-order valence-electron chi connectivity index (χ4n) is 0. The zero-order chi connectivity index (χ0) is 2.71. The minimum atomic E-state index is 0. The summed E-state index contributed by atoms with van der Waals surface area (Å²) in [6, 6.07) is 0. The van der Waals surface area contributed by atoms with Crippen molar-refractivity contribution in [3.8, 4) is 0 Å². The van der Waals surface area contributed by atoms with Gasteiger partial charge in [0.1, 0.15) is 0 Å². The summed E-state index contributed by atoms with van der Waals surface area (Å²) in [5.74, 6) is 0. The summed E-state index contributed by atoms with van der Waals surface area (Å²) < 4.78 is 0. The molecule has 0 aliphatic carbocycles. The summed E-state index contributed by atoms with van der Waals surface area (Å²) in [5, 5.41) is 0. The van der Waals surface area contributed by atoms with Crippen molar-refractivity contribution in [1.29, 1.82) is 0 Å². The van der Waals surface area contributed by atoms with Gasteiger partial charge >= 0.3 is 0 Å². The van der Waals surface area contributed by atoms with Crippen LogP contribution in [-0.2, 0) is 27.3 Å². The maximum absolute atomic E-state index is 3.36. The molecule has 0 fully saturated rings. The number of allylic oxidation sites excluding steroid dienone is 1. The predicted octanol–water partition coefficient (Wildman–Crippen LogP) is 1.19. The van der Waals surface area contributed by atoms with Crippen LogP contribution in [0.1, 0.15) is 6.92 Å². The zero-order valence-electron chi connectivity index (χ0n) is 2.99. The van der Waals surface area contributed by atoms with Gasteiger partial charge in [-0.25, -0.2) is 0 Å². The molecule has 0 aliphatic rings. The Morgan fingerprint density at radius 2 is 1.75 bits per heavy atom. The first-order valence-corrected chi connectivity index (χ1v) is 0.986. The van der Waals surface area contributed by atoms with E-state index in [2.05, 4.69) is 6.58 Å². The van der Waals surface area contributed by atoms with Crippen molar-refractivity contribution in [2.45, 2.75) is 6.92 Å². The summed E-state index contributed by atoms with van der Waals surface area (Å²) in [7, 11) is 0. The third kappa shape index (κ3) is 16.8. The summed E-state index contributed by atoms with van der Waals surface area (Å²) >= 11 is 0. The number of hydrogen-bond acceptors (Lipinski definition) is 0. The van der Waals surface area contributed by atoms with Gasteiger partial charge < -0.3 is 0 Å². The fourth-order valence-corrected chi connectivity index (χ4v) is 0. The molecule has 0 unspecified atom stereocenters. The largest absolute Gasteiger partial charge is 0.103 e. The Balaban J connectivity index is 0. The van der Waals surface area contributed by atoms with Gasteiger partial charge in [-0.3, -0.25) is 0 Å². The molecular weight excluding hydrogens is 148 g/mol. The van der Waals surface area contributed by atoms with Crippen LogP contribution in [0.3, 0.4) is 0 Å². The quantitative estimate of drug-likeness (QED) is 0.363. The van der Waals surface area contributed by atoms with Crippen molar-refractivity contribution in [3.05, 3.63) is 12.7 Å². The van der Waals surface area contributed by atoms with Crippen LogP contribution in [0.25, 0.3) is 0 Å². The van der Waals surface area contributed by atoms with Gasteiger partial charge in [-0.2, -0.15) is 0 Å². The fraction of sp³-hybridized carbons (Fsp3) is 0.333. The molecule has 0 spiro atoms. The van der Waals surface area contributed by atoms with Crippen molar-refractivity contribution in [1.82, 2.24) is 0 Å². The minimum absolute atomic E-state index is 0. The molecule has 0 amide bonds. The number of rotatable bonds is 0. The molecule has 4 heavy (non-hydrogen) atoms. The average Bonchev–Trinajstić information content (AvgIpc) is 0.918. The first-order chi connectivity index (χ1) is 1.41. The van der Waals surface area contributed by atoms with Crippen LogP contribution in [0.15, 0.2) is 12.7 Å². The Labute approximate surface area is 47.1 Å². The van der Waals surface area contributed by atoms with Crippen LogP contribution in [0.5, 0.6) is 0 Å². The Kier molecular flexibility index (Phi) is 20.7. The standard InChI is InChI=1S/C3H6.Cd/c1-3-2;/h3H,1H2,2H3;. The maximum atomic E-state index is 3.36. The molecule has 0 aromatic carbocycles. The van der Waals surface area contributed by atoms with Gasteiger partial charge in [-0.05, 0) is 6.92 Å². The van der Waals surface area contributed by atoms with Crippen LogP contribution in [0, 0.1) is 0 Å². The molecule has 0 radical (unpaired) electrons. The first-order valence-electron chi connectivity index (χ1n) is 0.986. The Morgan fingerprint density at radius 3 is 1.75 bits per heavy atom. The van der Waals surface area contributed by atoms with Crippen LogP contribution in [0.4, 0.5) is 0 Å². The van der Waals surface area contributed by atoms with E-state index in [1.807, 2.05) is 6.92 Å². The predicted molar refractivity (Wildman–Crippen MR) is 15.9 cm³/mol. The van der Waals surface area contributed by atoms with Crippen molar-refractivity contribution >= 4 is 0 Å². The average molecular weight is 154 g/mol. The molecule has 20 valence electrons. The molecule has 0 saturated heterocycles. The summed E-state index contributed by atoms with van der Waals surface area (Å²) in [6.45, 7) is 5.25. The summed E-state index contributed by atoms with van der Waals surface area (Å²) in [6.07, 6.45) is 1.75. The molecule has 0 aromatic heterocycles. The van der Waals surface area contributed by atoms with E-state index < -0.39 is 0 Å². The monoisotopic (exact) mass is 156 g/mol. The van der Waals surface area contributed by atoms with Crippen molar-refractivity contribution in [3.63, 3.8) is 0 Å². The second-order valence-corrected chi connectivity index (χ2v) is 0.408. The van der Waals surface area contributed by atoms with E-state index in [-0.39, 0.29) is 27.3 Å². The molecule has 0 atom stereocenters. The molecule has 0 saturated carbocycles. The van der Waals surface area contributed by atoms with Gasteiger partial charge in [0.25, 0.3) is 0 Å². The van der Waals surface area contributed by atoms with Crippen LogP contribution >= 0.6 is 0 Å². The van der Waals surface area contributed by atoms with Gasteiger partial charge in [0.15, 0.2) is 0 Å². The van der Waals surface area contributed by atoms with Gasteiger partial charge in [-0.1, -0.05) is 6.08 Å². The maximum Gasteiger partial charge on any atom is 0 e. The second-order valence-electron chi connectivity index (χ2n) is 0.408. The summed E-state index contributed by atoms with van der Waals surface area (Å²) in [4.78, 5) is 0. The second kappa shape index (κ2) is 9.39. The van der Waals surface area contributed by atoms with E-state index in [4.69, 9.17) is 0 Å². The molecule has 0 N–H and O–H groups in total.